The van der Waals surface area contributed by atoms with Gasteiger partial charge in [0.25, 0.3) is 0 Å². The lowest BCUT2D eigenvalue weighted by molar-refractivity contribution is -0.119. The zero-order valence-electron chi connectivity index (χ0n) is 11.8. The van der Waals surface area contributed by atoms with Crippen molar-refractivity contribution in [2.75, 3.05) is 5.32 Å². The van der Waals surface area contributed by atoms with Crippen LogP contribution in [0.3, 0.4) is 0 Å². The molecule has 1 amide bonds. The highest BCUT2D eigenvalue weighted by Gasteiger charge is 2.21. The lowest BCUT2D eigenvalue weighted by atomic mass is 10.1. The monoisotopic (exact) mass is 272 g/mol. The second-order valence-corrected chi connectivity index (χ2v) is 4.86. The summed E-state index contributed by atoms with van der Waals surface area (Å²) >= 11 is 0. The number of aryl methyl sites for hydroxylation is 2. The molecule has 1 heterocycles. The fourth-order valence-corrected chi connectivity index (χ4v) is 2.11. The normalized spacial score (nSPS) is 12.1. The van der Waals surface area contributed by atoms with Crippen molar-refractivity contribution in [3.63, 3.8) is 0 Å². The van der Waals surface area contributed by atoms with Crippen molar-refractivity contribution in [2.45, 2.75) is 32.9 Å². The number of benzene rings is 1. The maximum atomic E-state index is 11.7. The highest BCUT2D eigenvalue weighted by molar-refractivity contribution is 5.84. The molecule has 2 rings (SSSR count). The first-order chi connectivity index (χ1) is 9.61. The Hall–Kier alpha value is -2.30. The molecule has 0 saturated heterocycles. The van der Waals surface area contributed by atoms with E-state index < -0.39 is 11.9 Å². The van der Waals surface area contributed by atoms with Gasteiger partial charge in [0.1, 0.15) is 6.04 Å². The van der Waals surface area contributed by atoms with Gasteiger partial charge in [-0.25, -0.2) is 4.98 Å². The predicted molar refractivity (Wildman–Crippen MR) is 79.3 cm³/mol. The Bertz CT molecular complexity index is 574. The second-order valence-electron chi connectivity index (χ2n) is 4.86. The van der Waals surface area contributed by atoms with E-state index in [2.05, 4.69) is 17.2 Å². The van der Waals surface area contributed by atoms with Gasteiger partial charge < -0.3 is 15.6 Å². The summed E-state index contributed by atoms with van der Waals surface area (Å²) in [4.78, 5) is 15.9. The molecule has 20 heavy (non-hydrogen) atoms. The van der Waals surface area contributed by atoms with Crippen molar-refractivity contribution in [2.24, 2.45) is 5.73 Å². The van der Waals surface area contributed by atoms with Crippen LogP contribution in [0.1, 0.15) is 30.6 Å². The fraction of sp³-hybridized carbons (Fsp3) is 0.333. The van der Waals surface area contributed by atoms with E-state index in [9.17, 15) is 4.79 Å². The van der Waals surface area contributed by atoms with Crippen LogP contribution in [0.4, 0.5) is 5.69 Å². The van der Waals surface area contributed by atoms with Crippen molar-refractivity contribution in [1.29, 1.82) is 0 Å². The summed E-state index contributed by atoms with van der Waals surface area (Å²) in [5.74, 6) is -0.413. The summed E-state index contributed by atoms with van der Waals surface area (Å²) in [7, 11) is 0. The van der Waals surface area contributed by atoms with Crippen molar-refractivity contribution in [3.05, 3.63) is 48.0 Å². The van der Waals surface area contributed by atoms with Crippen LogP contribution < -0.4 is 11.1 Å². The number of hydrogen-bond donors (Lipinski definition) is 2. The molecule has 1 aromatic heterocycles. The minimum atomic E-state index is -0.577. The van der Waals surface area contributed by atoms with Gasteiger partial charge in [-0.3, -0.25) is 4.79 Å². The second kappa shape index (κ2) is 6.23. The number of imidazole rings is 1. The number of nitrogens with one attached hydrogen (secondary N) is 1. The quantitative estimate of drug-likeness (QED) is 0.847. The molecule has 5 nitrogen and oxygen atoms in total. The van der Waals surface area contributed by atoms with Crippen molar-refractivity contribution < 1.29 is 4.79 Å². The first-order valence-electron chi connectivity index (χ1n) is 6.74. The van der Waals surface area contributed by atoms with E-state index in [0.29, 0.717) is 0 Å². The van der Waals surface area contributed by atoms with Crippen LogP contribution >= 0.6 is 0 Å². The minimum Gasteiger partial charge on any atom is -0.369 e. The van der Waals surface area contributed by atoms with Gasteiger partial charge in [-0.05, 0) is 25.5 Å². The number of anilines is 1. The van der Waals surface area contributed by atoms with Crippen LogP contribution in [0.15, 0.2) is 36.8 Å². The van der Waals surface area contributed by atoms with Gasteiger partial charge in [0.15, 0.2) is 0 Å². The summed E-state index contributed by atoms with van der Waals surface area (Å²) in [6.07, 6.45) is 4.39. The summed E-state index contributed by atoms with van der Waals surface area (Å²) in [5.41, 5.74) is 8.35. The molecular weight excluding hydrogens is 252 g/mol. The summed E-state index contributed by atoms with van der Waals surface area (Å²) < 4.78 is 1.95. The number of amides is 1. The van der Waals surface area contributed by atoms with Crippen LogP contribution in [-0.4, -0.2) is 15.5 Å². The van der Waals surface area contributed by atoms with Gasteiger partial charge in [0, 0.05) is 12.2 Å². The van der Waals surface area contributed by atoms with Gasteiger partial charge in [-0.2, -0.15) is 0 Å². The molecule has 0 aliphatic rings. The van der Waals surface area contributed by atoms with E-state index in [-0.39, 0.29) is 0 Å². The molecule has 1 aromatic carbocycles. The fourth-order valence-electron chi connectivity index (χ4n) is 2.11. The molecule has 1 atom stereocenters. The molecule has 0 radical (unpaired) electrons. The maximum Gasteiger partial charge on any atom is 0.246 e. The zero-order chi connectivity index (χ0) is 14.5. The van der Waals surface area contributed by atoms with Crippen LogP contribution in [0, 0.1) is 6.92 Å². The number of carbonyl (C=O) groups excluding carboxylic acids is 1. The van der Waals surface area contributed by atoms with E-state index >= 15 is 0 Å². The predicted octanol–water partition coefficient (Wildman–Crippen LogP) is 2.24. The third-order valence-corrected chi connectivity index (χ3v) is 3.15. The molecule has 0 saturated carbocycles. The Labute approximate surface area is 118 Å². The number of hydrogen-bond acceptors (Lipinski definition) is 3. The van der Waals surface area contributed by atoms with E-state index in [4.69, 9.17) is 5.73 Å². The first-order valence-corrected chi connectivity index (χ1v) is 6.74. The molecule has 2 aromatic rings. The molecule has 1 unspecified atom stereocenters. The first kappa shape index (κ1) is 14.1. The Morgan fingerprint density at radius 2 is 2.10 bits per heavy atom. The van der Waals surface area contributed by atoms with Crippen LogP contribution in [0.5, 0.6) is 0 Å². The molecule has 3 N–H and O–H groups in total. The maximum absolute atomic E-state index is 11.7. The molecule has 0 aliphatic carbocycles. The van der Waals surface area contributed by atoms with Crippen molar-refractivity contribution in [1.82, 2.24) is 9.55 Å². The zero-order valence-corrected chi connectivity index (χ0v) is 11.8. The molecule has 0 bridgehead atoms. The Morgan fingerprint density at radius 1 is 1.40 bits per heavy atom. The summed E-state index contributed by atoms with van der Waals surface area (Å²) in [6, 6.07) is 7.28. The molecule has 0 spiro atoms. The van der Waals surface area contributed by atoms with Crippen molar-refractivity contribution in [3.8, 4) is 0 Å². The smallest absolute Gasteiger partial charge is 0.246 e. The van der Waals surface area contributed by atoms with E-state index in [1.165, 1.54) is 5.56 Å². The van der Waals surface area contributed by atoms with Gasteiger partial charge in [0.2, 0.25) is 5.91 Å². The van der Waals surface area contributed by atoms with Gasteiger partial charge in [0.05, 0.1) is 18.2 Å². The lowest BCUT2D eigenvalue weighted by Crippen LogP contribution is -2.29. The lowest BCUT2D eigenvalue weighted by Gasteiger charge is -2.18. The Balaban J connectivity index is 2.25. The van der Waals surface area contributed by atoms with Crippen LogP contribution in [-0.2, 0) is 11.3 Å². The largest absolute Gasteiger partial charge is 0.369 e. The highest BCUT2D eigenvalue weighted by Crippen LogP contribution is 2.20. The van der Waals surface area contributed by atoms with Crippen molar-refractivity contribution >= 4 is 11.6 Å². The summed E-state index contributed by atoms with van der Waals surface area (Å²) in [6.45, 7) is 4.91. The van der Waals surface area contributed by atoms with E-state index in [0.717, 1.165) is 24.3 Å². The van der Waals surface area contributed by atoms with Crippen LogP contribution in [0.2, 0.25) is 0 Å². The molecule has 0 aliphatic heterocycles. The average molecular weight is 272 g/mol. The van der Waals surface area contributed by atoms with Gasteiger partial charge in [-0.1, -0.05) is 24.6 Å². The van der Waals surface area contributed by atoms with Gasteiger partial charge >= 0.3 is 0 Å². The minimum absolute atomic E-state index is 0.413. The molecule has 106 valence electrons. The molecular formula is C15H20N4O. The molecule has 5 heteroatoms. The van der Waals surface area contributed by atoms with Crippen LogP contribution in [0.25, 0.3) is 0 Å². The summed E-state index contributed by atoms with van der Waals surface area (Å²) in [5, 5.41) is 3.17. The number of nitrogens with zero attached hydrogens (tertiary/aromatic N) is 2. The number of carbonyl (C=O) groups is 1. The van der Waals surface area contributed by atoms with Gasteiger partial charge in [-0.15, -0.1) is 0 Å². The third-order valence-electron chi connectivity index (χ3n) is 3.15. The third kappa shape index (κ3) is 3.17. The number of rotatable bonds is 6. The number of nitrogens with two attached hydrogens (primary N) is 1. The standard InChI is InChI=1S/C15H20N4O/c1-3-8-19-10-17-9-13(19)14(15(16)20)18-12-6-4-11(2)5-7-12/h4-7,9-10,14,18H,3,8H2,1-2H3,(H2,16,20). The SMILES string of the molecule is CCCn1cncc1C(Nc1ccc(C)cc1)C(N)=O. The van der Waals surface area contributed by atoms with E-state index in [1.807, 2.05) is 35.8 Å². The topological polar surface area (TPSA) is 72.9 Å². The molecule has 0 fully saturated rings. The number of primary amides is 1. The van der Waals surface area contributed by atoms with E-state index in [1.54, 1.807) is 12.5 Å². The highest BCUT2D eigenvalue weighted by atomic mass is 16.1. The average Bonchev–Trinajstić information content (AvgIpc) is 2.86. The number of aromatic nitrogens is 2. The Morgan fingerprint density at radius 3 is 2.70 bits per heavy atom. The Kier molecular flexibility index (Phi) is 4.40.